The van der Waals surface area contributed by atoms with Crippen molar-refractivity contribution < 1.29 is 9.13 Å². The van der Waals surface area contributed by atoms with Gasteiger partial charge in [-0.25, -0.2) is 4.39 Å². The molecule has 4 nitrogen and oxygen atoms in total. The van der Waals surface area contributed by atoms with Crippen molar-refractivity contribution in [2.24, 2.45) is 5.84 Å². The second-order valence-corrected chi connectivity index (χ2v) is 5.32. The highest BCUT2D eigenvalue weighted by atomic mass is 19.1. The number of rotatable bonds is 6. The zero-order chi connectivity index (χ0) is 14.4. The predicted octanol–water partition coefficient (Wildman–Crippen LogP) is 1.31. The number of hydrogen-bond donors (Lipinski definition) is 2. The van der Waals surface area contributed by atoms with Crippen LogP contribution >= 0.6 is 0 Å². The van der Waals surface area contributed by atoms with Gasteiger partial charge in [0.2, 0.25) is 0 Å². The lowest BCUT2D eigenvalue weighted by molar-refractivity contribution is -0.0462. The summed E-state index contributed by atoms with van der Waals surface area (Å²) in [6, 6.07) is 6.64. The smallest absolute Gasteiger partial charge is 0.123 e. The van der Waals surface area contributed by atoms with Crippen LogP contribution in [0.3, 0.4) is 0 Å². The molecule has 2 rings (SSSR count). The zero-order valence-electron chi connectivity index (χ0n) is 12.0. The van der Waals surface area contributed by atoms with Crippen LogP contribution in [0.25, 0.3) is 0 Å². The molecule has 0 aliphatic carbocycles. The number of nitrogens with zero attached hydrogens (tertiary/aromatic N) is 1. The van der Waals surface area contributed by atoms with Crippen LogP contribution in [0.1, 0.15) is 18.9 Å². The first-order chi connectivity index (χ1) is 9.72. The number of benzene rings is 1. The van der Waals surface area contributed by atoms with E-state index in [9.17, 15) is 4.39 Å². The van der Waals surface area contributed by atoms with E-state index >= 15 is 0 Å². The summed E-state index contributed by atoms with van der Waals surface area (Å²) in [7, 11) is 0. The average Bonchev–Trinajstić information content (AvgIpc) is 2.45. The summed E-state index contributed by atoms with van der Waals surface area (Å²) in [4.78, 5) is 2.39. The fourth-order valence-corrected chi connectivity index (χ4v) is 2.71. The number of halogens is 1. The third kappa shape index (κ3) is 4.24. The first-order valence-electron chi connectivity index (χ1n) is 7.27. The number of morpholine rings is 1. The van der Waals surface area contributed by atoms with Crippen molar-refractivity contribution in [2.45, 2.75) is 31.9 Å². The second-order valence-electron chi connectivity index (χ2n) is 5.32. The van der Waals surface area contributed by atoms with Gasteiger partial charge in [0.05, 0.1) is 18.8 Å². The van der Waals surface area contributed by atoms with Crippen molar-refractivity contribution in [2.75, 3.05) is 26.2 Å². The molecule has 0 amide bonds. The number of hydrazine groups is 1. The number of ether oxygens (including phenoxy) is 1. The average molecular weight is 281 g/mol. The van der Waals surface area contributed by atoms with Gasteiger partial charge in [0.25, 0.3) is 0 Å². The quantitative estimate of drug-likeness (QED) is 0.610. The molecule has 112 valence electrons. The molecule has 0 bridgehead atoms. The molecule has 2 atom stereocenters. The Hall–Kier alpha value is -1.01. The highest BCUT2D eigenvalue weighted by molar-refractivity contribution is 5.17. The SMILES string of the molecule is CCCN1CCOC(C(Cc2cccc(F)c2)NN)C1. The molecular formula is C15H24FN3O. The van der Waals surface area contributed by atoms with E-state index in [0.29, 0.717) is 6.42 Å². The Labute approximate surface area is 120 Å². The molecule has 0 radical (unpaired) electrons. The normalized spacial score (nSPS) is 21.9. The van der Waals surface area contributed by atoms with E-state index in [-0.39, 0.29) is 18.0 Å². The third-order valence-corrected chi connectivity index (χ3v) is 3.72. The van der Waals surface area contributed by atoms with Crippen molar-refractivity contribution in [1.29, 1.82) is 0 Å². The monoisotopic (exact) mass is 281 g/mol. The van der Waals surface area contributed by atoms with Gasteiger partial charge in [0, 0.05) is 13.1 Å². The maximum absolute atomic E-state index is 13.2. The van der Waals surface area contributed by atoms with Gasteiger partial charge in [0.15, 0.2) is 0 Å². The summed E-state index contributed by atoms with van der Waals surface area (Å²) in [5, 5.41) is 0. The molecule has 0 saturated carbocycles. The van der Waals surface area contributed by atoms with Gasteiger partial charge in [-0.05, 0) is 37.1 Å². The fourth-order valence-electron chi connectivity index (χ4n) is 2.71. The van der Waals surface area contributed by atoms with Gasteiger partial charge < -0.3 is 4.74 Å². The Morgan fingerprint density at radius 3 is 3.10 bits per heavy atom. The van der Waals surface area contributed by atoms with Crippen LogP contribution in [-0.2, 0) is 11.2 Å². The number of nitrogens with two attached hydrogens (primary N) is 1. The molecule has 2 unspecified atom stereocenters. The van der Waals surface area contributed by atoms with E-state index in [1.54, 1.807) is 12.1 Å². The van der Waals surface area contributed by atoms with E-state index in [2.05, 4.69) is 17.2 Å². The van der Waals surface area contributed by atoms with E-state index in [4.69, 9.17) is 10.6 Å². The summed E-state index contributed by atoms with van der Waals surface area (Å²) in [5.74, 6) is 5.45. The molecule has 0 aromatic heterocycles. The first kappa shape index (κ1) is 15.4. The summed E-state index contributed by atoms with van der Waals surface area (Å²) in [6.07, 6.45) is 1.85. The largest absolute Gasteiger partial charge is 0.374 e. The molecule has 1 aliphatic rings. The summed E-state index contributed by atoms with van der Waals surface area (Å²) < 4.78 is 19.1. The molecule has 1 aliphatic heterocycles. The topological polar surface area (TPSA) is 50.5 Å². The minimum absolute atomic E-state index is 0.00328. The lowest BCUT2D eigenvalue weighted by Gasteiger charge is -2.36. The Morgan fingerprint density at radius 1 is 1.55 bits per heavy atom. The van der Waals surface area contributed by atoms with Gasteiger partial charge >= 0.3 is 0 Å². The molecular weight excluding hydrogens is 257 g/mol. The van der Waals surface area contributed by atoms with Crippen LogP contribution in [0.15, 0.2) is 24.3 Å². The molecule has 1 saturated heterocycles. The molecule has 1 fully saturated rings. The predicted molar refractivity (Wildman–Crippen MR) is 77.7 cm³/mol. The second kappa shape index (κ2) is 7.69. The van der Waals surface area contributed by atoms with Crippen molar-refractivity contribution in [3.05, 3.63) is 35.6 Å². The minimum atomic E-state index is -0.213. The minimum Gasteiger partial charge on any atom is -0.374 e. The molecule has 1 heterocycles. The Kier molecular flexibility index (Phi) is 5.91. The van der Waals surface area contributed by atoms with E-state index in [0.717, 1.165) is 38.2 Å². The number of nitrogens with one attached hydrogen (secondary N) is 1. The zero-order valence-corrected chi connectivity index (χ0v) is 12.0. The highest BCUT2D eigenvalue weighted by Crippen LogP contribution is 2.14. The van der Waals surface area contributed by atoms with E-state index < -0.39 is 0 Å². The Balaban J connectivity index is 1.97. The number of hydrogen-bond acceptors (Lipinski definition) is 4. The maximum Gasteiger partial charge on any atom is 0.123 e. The van der Waals surface area contributed by atoms with Crippen molar-refractivity contribution in [3.8, 4) is 0 Å². The highest BCUT2D eigenvalue weighted by Gasteiger charge is 2.27. The van der Waals surface area contributed by atoms with E-state index in [1.165, 1.54) is 6.07 Å². The fraction of sp³-hybridized carbons (Fsp3) is 0.600. The molecule has 20 heavy (non-hydrogen) atoms. The lowest BCUT2D eigenvalue weighted by atomic mass is 10.0. The van der Waals surface area contributed by atoms with Gasteiger partial charge in [0.1, 0.15) is 5.82 Å². The molecule has 5 heteroatoms. The maximum atomic E-state index is 13.2. The van der Waals surface area contributed by atoms with Crippen LogP contribution in [0.2, 0.25) is 0 Å². The van der Waals surface area contributed by atoms with E-state index in [1.807, 2.05) is 6.07 Å². The summed E-state index contributed by atoms with van der Waals surface area (Å²) in [6.45, 7) is 5.83. The van der Waals surface area contributed by atoms with Crippen molar-refractivity contribution >= 4 is 0 Å². The Morgan fingerprint density at radius 2 is 2.40 bits per heavy atom. The van der Waals surface area contributed by atoms with Crippen molar-refractivity contribution in [1.82, 2.24) is 10.3 Å². The standard InChI is InChI=1S/C15H24FN3O/c1-2-6-19-7-8-20-15(11-19)14(18-17)10-12-4-3-5-13(16)9-12/h3-5,9,14-15,18H,2,6-8,10-11,17H2,1H3. The van der Waals surface area contributed by atoms with Crippen LogP contribution in [0.4, 0.5) is 4.39 Å². The first-order valence-corrected chi connectivity index (χ1v) is 7.27. The third-order valence-electron chi connectivity index (χ3n) is 3.72. The van der Waals surface area contributed by atoms with Gasteiger partial charge in [-0.2, -0.15) is 0 Å². The summed E-state index contributed by atoms with van der Waals surface area (Å²) in [5.41, 5.74) is 3.76. The summed E-state index contributed by atoms with van der Waals surface area (Å²) >= 11 is 0. The van der Waals surface area contributed by atoms with Crippen LogP contribution in [-0.4, -0.2) is 43.3 Å². The molecule has 3 N–H and O–H groups in total. The molecule has 1 aromatic carbocycles. The molecule has 0 spiro atoms. The van der Waals surface area contributed by atoms with Crippen LogP contribution in [0, 0.1) is 5.82 Å². The van der Waals surface area contributed by atoms with Gasteiger partial charge in [-0.3, -0.25) is 16.2 Å². The lowest BCUT2D eigenvalue weighted by Crippen LogP contribution is -2.54. The van der Waals surface area contributed by atoms with Crippen molar-refractivity contribution in [3.63, 3.8) is 0 Å². The van der Waals surface area contributed by atoms with Gasteiger partial charge in [-0.1, -0.05) is 19.1 Å². The Bertz CT molecular complexity index is 414. The van der Waals surface area contributed by atoms with Gasteiger partial charge in [-0.15, -0.1) is 0 Å². The van der Waals surface area contributed by atoms with Crippen LogP contribution < -0.4 is 11.3 Å². The van der Waals surface area contributed by atoms with Crippen LogP contribution in [0.5, 0.6) is 0 Å². The molecule has 1 aromatic rings.